The minimum absolute atomic E-state index is 0.0390. The number of H-pyrrole nitrogens is 1. The first-order valence-corrected chi connectivity index (χ1v) is 7.08. The Morgan fingerprint density at radius 1 is 1.45 bits per heavy atom. The van der Waals surface area contributed by atoms with Crippen LogP contribution < -0.4 is 16.4 Å². The monoisotopic (exact) mass is 294 g/mol. The van der Waals surface area contributed by atoms with Crippen molar-refractivity contribution >= 4 is 28.3 Å². The van der Waals surface area contributed by atoms with Gasteiger partial charge in [0.2, 0.25) is 0 Å². The Hall–Kier alpha value is -2.09. The molecule has 2 heterocycles. The Morgan fingerprint density at radius 2 is 2.20 bits per heavy atom. The summed E-state index contributed by atoms with van der Waals surface area (Å²) in [5.41, 5.74) is 6.18. The van der Waals surface area contributed by atoms with E-state index in [-0.39, 0.29) is 23.8 Å². The van der Waals surface area contributed by atoms with Crippen LogP contribution in [0.4, 0.5) is 10.8 Å². The van der Waals surface area contributed by atoms with Gasteiger partial charge >= 0.3 is 0 Å². The number of anilines is 2. The van der Waals surface area contributed by atoms with Gasteiger partial charge in [0.1, 0.15) is 16.4 Å². The molecular weight excluding hydrogens is 276 g/mol. The van der Waals surface area contributed by atoms with Crippen LogP contribution >= 0.6 is 11.5 Å². The minimum Gasteiger partial charge on any atom is -0.382 e. The molecule has 1 amide bonds. The Morgan fingerprint density at radius 3 is 2.80 bits per heavy atom. The van der Waals surface area contributed by atoms with Crippen molar-refractivity contribution in [2.45, 2.75) is 32.9 Å². The molecule has 2 rings (SSSR count). The first kappa shape index (κ1) is 14.3. The molecule has 8 heteroatoms. The van der Waals surface area contributed by atoms with Crippen LogP contribution in [-0.2, 0) is 0 Å². The first-order valence-electron chi connectivity index (χ1n) is 6.30. The quantitative estimate of drug-likeness (QED) is 0.672. The van der Waals surface area contributed by atoms with Crippen molar-refractivity contribution in [1.29, 1.82) is 0 Å². The summed E-state index contributed by atoms with van der Waals surface area (Å²) in [5.74, 6) is 0.801. The number of hydrogen-bond donors (Lipinski definition) is 4. The molecule has 5 N–H and O–H groups in total. The lowest BCUT2D eigenvalue weighted by Gasteiger charge is -2.13. The van der Waals surface area contributed by atoms with E-state index in [0.717, 1.165) is 5.82 Å². The number of aromatic nitrogens is 3. The van der Waals surface area contributed by atoms with Crippen LogP contribution in [0.2, 0.25) is 0 Å². The third kappa shape index (κ3) is 3.08. The molecule has 108 valence electrons. The van der Waals surface area contributed by atoms with Crippen LogP contribution in [0.1, 0.15) is 43.0 Å². The lowest BCUT2D eigenvalue weighted by Crippen LogP contribution is -2.31. The molecule has 0 aliphatic carbocycles. The van der Waals surface area contributed by atoms with E-state index in [2.05, 4.69) is 25.0 Å². The van der Waals surface area contributed by atoms with Gasteiger partial charge in [-0.1, -0.05) is 0 Å². The average Bonchev–Trinajstić information content (AvgIpc) is 2.98. The third-order valence-corrected chi connectivity index (χ3v) is 3.43. The summed E-state index contributed by atoms with van der Waals surface area (Å²) in [4.78, 5) is 19.3. The van der Waals surface area contributed by atoms with Crippen molar-refractivity contribution in [2.24, 2.45) is 0 Å². The number of aromatic amines is 1. The molecule has 0 saturated carbocycles. The SMILES string of the molecule is CC(C)NC(=O)c1c(N)nsc1NC(C)c1ncc[nH]1. The van der Waals surface area contributed by atoms with E-state index in [0.29, 0.717) is 10.6 Å². The molecule has 0 aliphatic heterocycles. The zero-order valence-electron chi connectivity index (χ0n) is 11.6. The third-order valence-electron chi connectivity index (χ3n) is 2.64. The van der Waals surface area contributed by atoms with Gasteiger partial charge in [-0.25, -0.2) is 4.98 Å². The number of nitrogens with zero attached hydrogens (tertiary/aromatic N) is 2. The molecule has 7 nitrogen and oxygen atoms in total. The zero-order chi connectivity index (χ0) is 14.7. The van der Waals surface area contributed by atoms with Crippen molar-refractivity contribution < 1.29 is 4.79 Å². The summed E-state index contributed by atoms with van der Waals surface area (Å²) < 4.78 is 4.04. The van der Waals surface area contributed by atoms with Crippen LogP contribution in [0.5, 0.6) is 0 Å². The smallest absolute Gasteiger partial charge is 0.258 e. The standard InChI is InChI=1S/C12H18N6OS/c1-6(2)16-11(19)8-9(13)18-20-12(8)17-7(3)10-14-4-5-15-10/h4-7,17H,1-3H3,(H2,13,18)(H,14,15)(H,16,19). The molecular formula is C12H18N6OS. The number of imidazole rings is 1. The Balaban J connectivity index is 2.18. The van der Waals surface area contributed by atoms with Crippen molar-refractivity contribution in [3.8, 4) is 0 Å². The van der Waals surface area contributed by atoms with Gasteiger partial charge in [0.05, 0.1) is 6.04 Å². The molecule has 1 atom stereocenters. The second-order valence-electron chi connectivity index (χ2n) is 4.74. The maximum atomic E-state index is 12.1. The molecule has 0 aliphatic rings. The van der Waals surface area contributed by atoms with Gasteiger partial charge in [0.25, 0.3) is 5.91 Å². The average molecular weight is 294 g/mol. The number of carbonyl (C=O) groups excluding carboxylic acids is 1. The summed E-state index contributed by atoms with van der Waals surface area (Å²) >= 11 is 1.17. The second-order valence-corrected chi connectivity index (χ2v) is 5.51. The fourth-order valence-electron chi connectivity index (χ4n) is 1.73. The molecule has 0 spiro atoms. The topological polar surface area (TPSA) is 109 Å². The molecule has 1 unspecified atom stereocenters. The highest BCUT2D eigenvalue weighted by molar-refractivity contribution is 7.11. The fourth-order valence-corrected chi connectivity index (χ4v) is 2.53. The molecule has 0 fully saturated rings. The Bertz CT molecular complexity index is 577. The lowest BCUT2D eigenvalue weighted by atomic mass is 10.2. The summed E-state index contributed by atoms with van der Waals surface area (Å²) in [5, 5.41) is 6.67. The molecule has 2 aromatic rings. The van der Waals surface area contributed by atoms with E-state index in [4.69, 9.17) is 5.73 Å². The summed E-state index contributed by atoms with van der Waals surface area (Å²) in [7, 11) is 0. The van der Waals surface area contributed by atoms with Gasteiger partial charge in [0.15, 0.2) is 5.82 Å². The highest BCUT2D eigenvalue weighted by Gasteiger charge is 2.21. The van der Waals surface area contributed by atoms with Crippen molar-refractivity contribution in [3.05, 3.63) is 23.8 Å². The predicted molar refractivity (Wildman–Crippen MR) is 79.8 cm³/mol. The van der Waals surface area contributed by atoms with E-state index in [1.165, 1.54) is 11.5 Å². The van der Waals surface area contributed by atoms with Crippen LogP contribution in [0.3, 0.4) is 0 Å². The summed E-state index contributed by atoms with van der Waals surface area (Å²) in [6, 6.07) is -0.0346. The van der Waals surface area contributed by atoms with E-state index in [1.807, 2.05) is 20.8 Å². The maximum Gasteiger partial charge on any atom is 0.258 e. The maximum absolute atomic E-state index is 12.1. The Kier molecular flexibility index (Phi) is 4.23. The highest BCUT2D eigenvalue weighted by Crippen LogP contribution is 2.29. The molecule has 0 bridgehead atoms. The predicted octanol–water partition coefficient (Wildman–Crippen LogP) is 1.76. The van der Waals surface area contributed by atoms with Gasteiger partial charge < -0.3 is 21.4 Å². The summed E-state index contributed by atoms with van der Waals surface area (Å²) in [6.45, 7) is 5.73. The molecule has 2 aromatic heterocycles. The van der Waals surface area contributed by atoms with Crippen LogP contribution in [0, 0.1) is 0 Å². The fraction of sp³-hybridized carbons (Fsp3) is 0.417. The molecule has 20 heavy (non-hydrogen) atoms. The zero-order valence-corrected chi connectivity index (χ0v) is 12.4. The van der Waals surface area contributed by atoms with Gasteiger partial charge in [-0.05, 0) is 32.3 Å². The molecule has 0 saturated heterocycles. The largest absolute Gasteiger partial charge is 0.382 e. The number of hydrogen-bond acceptors (Lipinski definition) is 6. The van der Waals surface area contributed by atoms with E-state index < -0.39 is 0 Å². The van der Waals surface area contributed by atoms with Crippen LogP contribution in [-0.4, -0.2) is 26.3 Å². The number of rotatable bonds is 5. The first-order chi connectivity index (χ1) is 9.49. The van der Waals surface area contributed by atoms with Gasteiger partial charge in [-0.2, -0.15) is 4.37 Å². The van der Waals surface area contributed by atoms with Crippen molar-refractivity contribution in [2.75, 3.05) is 11.1 Å². The highest BCUT2D eigenvalue weighted by atomic mass is 32.1. The molecule has 0 radical (unpaired) electrons. The number of nitrogens with one attached hydrogen (secondary N) is 3. The van der Waals surface area contributed by atoms with Crippen molar-refractivity contribution in [1.82, 2.24) is 19.7 Å². The van der Waals surface area contributed by atoms with Gasteiger partial charge in [0, 0.05) is 18.4 Å². The second kappa shape index (κ2) is 5.91. The normalized spacial score (nSPS) is 12.4. The minimum atomic E-state index is -0.222. The Labute approximate surface area is 121 Å². The van der Waals surface area contributed by atoms with E-state index >= 15 is 0 Å². The number of nitrogens with two attached hydrogens (primary N) is 1. The van der Waals surface area contributed by atoms with E-state index in [1.54, 1.807) is 12.4 Å². The van der Waals surface area contributed by atoms with Gasteiger partial charge in [-0.15, -0.1) is 0 Å². The number of carbonyl (C=O) groups is 1. The van der Waals surface area contributed by atoms with Gasteiger partial charge in [-0.3, -0.25) is 4.79 Å². The lowest BCUT2D eigenvalue weighted by molar-refractivity contribution is 0.0945. The number of amides is 1. The van der Waals surface area contributed by atoms with Crippen LogP contribution in [0.15, 0.2) is 12.4 Å². The van der Waals surface area contributed by atoms with E-state index in [9.17, 15) is 4.79 Å². The van der Waals surface area contributed by atoms with Crippen molar-refractivity contribution in [3.63, 3.8) is 0 Å². The molecule has 0 aromatic carbocycles. The summed E-state index contributed by atoms with van der Waals surface area (Å²) in [6.07, 6.45) is 3.43. The van der Waals surface area contributed by atoms with Crippen LogP contribution in [0.25, 0.3) is 0 Å². The number of nitrogen functional groups attached to an aromatic ring is 1.